The van der Waals surface area contributed by atoms with Crippen molar-refractivity contribution in [3.63, 3.8) is 0 Å². The molecule has 0 atom stereocenters. The highest BCUT2D eigenvalue weighted by molar-refractivity contribution is 5.85. The van der Waals surface area contributed by atoms with Crippen molar-refractivity contribution >= 4 is 5.91 Å². The third-order valence-corrected chi connectivity index (χ3v) is 3.69. The summed E-state index contributed by atoms with van der Waals surface area (Å²) in [6.07, 6.45) is 1.77. The van der Waals surface area contributed by atoms with Crippen molar-refractivity contribution in [3.8, 4) is 0 Å². The van der Waals surface area contributed by atoms with Crippen LogP contribution in [0.25, 0.3) is 0 Å². The van der Waals surface area contributed by atoms with E-state index in [0.717, 1.165) is 18.4 Å². The Hall–Kier alpha value is -1.42. The van der Waals surface area contributed by atoms with E-state index in [9.17, 15) is 9.18 Å². The molecule has 98 valence electrons. The van der Waals surface area contributed by atoms with E-state index in [0.29, 0.717) is 18.7 Å². The van der Waals surface area contributed by atoms with Gasteiger partial charge in [0.2, 0.25) is 5.91 Å². The topological polar surface area (TPSA) is 46.3 Å². The van der Waals surface area contributed by atoms with E-state index < -0.39 is 0 Å². The average molecular weight is 250 g/mol. The first kappa shape index (κ1) is 13.0. The van der Waals surface area contributed by atoms with Gasteiger partial charge in [-0.25, -0.2) is 4.39 Å². The Kier molecular flexibility index (Phi) is 3.39. The van der Waals surface area contributed by atoms with Crippen molar-refractivity contribution < 1.29 is 9.18 Å². The predicted octanol–water partition coefficient (Wildman–Crippen LogP) is 1.83. The van der Waals surface area contributed by atoms with E-state index in [1.165, 1.54) is 6.07 Å². The summed E-state index contributed by atoms with van der Waals surface area (Å²) in [5, 5.41) is 0. The number of benzene rings is 1. The normalized spacial score (nSPS) is 16.4. The molecule has 1 aromatic carbocycles. The fourth-order valence-electron chi connectivity index (χ4n) is 2.21. The van der Waals surface area contributed by atoms with Crippen molar-refractivity contribution in [2.75, 3.05) is 13.6 Å². The molecule has 4 heteroatoms. The molecule has 3 nitrogen and oxygen atoms in total. The smallest absolute Gasteiger partial charge is 0.230 e. The molecule has 0 bridgehead atoms. The molecule has 2 N–H and O–H groups in total. The largest absolute Gasteiger partial charge is 0.341 e. The van der Waals surface area contributed by atoms with Crippen LogP contribution < -0.4 is 5.73 Å². The van der Waals surface area contributed by atoms with Crippen molar-refractivity contribution in [3.05, 3.63) is 35.1 Å². The number of rotatable bonds is 4. The third kappa shape index (κ3) is 2.38. The summed E-state index contributed by atoms with van der Waals surface area (Å²) in [7, 11) is 1.77. The maximum Gasteiger partial charge on any atom is 0.230 e. The van der Waals surface area contributed by atoms with Gasteiger partial charge in [-0.15, -0.1) is 0 Å². The van der Waals surface area contributed by atoms with E-state index in [4.69, 9.17) is 5.73 Å². The second kappa shape index (κ2) is 4.69. The summed E-state index contributed by atoms with van der Waals surface area (Å²) in [5.41, 5.74) is 6.88. The first-order valence-electron chi connectivity index (χ1n) is 6.19. The molecule has 0 spiro atoms. The maximum absolute atomic E-state index is 13.2. The minimum Gasteiger partial charge on any atom is -0.341 e. The molecule has 0 radical (unpaired) electrons. The second-order valence-corrected chi connectivity index (χ2v) is 5.23. The molecule has 1 fully saturated rings. The van der Waals surface area contributed by atoms with Crippen LogP contribution in [0, 0.1) is 18.2 Å². The van der Waals surface area contributed by atoms with Crippen LogP contribution in [0.15, 0.2) is 18.2 Å². The number of halogens is 1. The van der Waals surface area contributed by atoms with Gasteiger partial charge in [0.1, 0.15) is 5.82 Å². The molecular weight excluding hydrogens is 231 g/mol. The average Bonchev–Trinajstić information content (AvgIpc) is 3.14. The summed E-state index contributed by atoms with van der Waals surface area (Å²) >= 11 is 0. The predicted molar refractivity (Wildman–Crippen MR) is 68.3 cm³/mol. The molecule has 1 aliphatic rings. The van der Waals surface area contributed by atoms with Gasteiger partial charge >= 0.3 is 0 Å². The van der Waals surface area contributed by atoms with E-state index in [2.05, 4.69) is 0 Å². The number of nitrogens with two attached hydrogens (primary N) is 1. The Morgan fingerprint density at radius 2 is 2.17 bits per heavy atom. The fourth-order valence-corrected chi connectivity index (χ4v) is 2.21. The Labute approximate surface area is 107 Å². The Morgan fingerprint density at radius 1 is 1.50 bits per heavy atom. The summed E-state index contributed by atoms with van der Waals surface area (Å²) in [6.45, 7) is 2.64. The van der Waals surface area contributed by atoms with Gasteiger partial charge in [-0.05, 0) is 37.0 Å². The molecular formula is C14H19FN2O. The van der Waals surface area contributed by atoms with Gasteiger partial charge in [0.25, 0.3) is 0 Å². The number of hydrogen-bond donors (Lipinski definition) is 1. The van der Waals surface area contributed by atoms with Gasteiger partial charge in [0.05, 0.1) is 5.41 Å². The fraction of sp³-hybridized carbons (Fsp3) is 0.500. The Bertz CT molecular complexity index is 469. The van der Waals surface area contributed by atoms with Crippen molar-refractivity contribution in [2.24, 2.45) is 11.1 Å². The van der Waals surface area contributed by atoms with Crippen LogP contribution in [0.5, 0.6) is 0 Å². The summed E-state index contributed by atoms with van der Waals surface area (Å²) in [5.74, 6) is -0.111. The first-order valence-corrected chi connectivity index (χ1v) is 6.19. The van der Waals surface area contributed by atoms with Crippen LogP contribution in [0.3, 0.4) is 0 Å². The highest BCUT2D eigenvalue weighted by atomic mass is 19.1. The summed E-state index contributed by atoms with van der Waals surface area (Å²) in [6, 6.07) is 4.94. The quantitative estimate of drug-likeness (QED) is 0.886. The minimum absolute atomic E-state index is 0.104. The van der Waals surface area contributed by atoms with Crippen LogP contribution in [-0.4, -0.2) is 24.4 Å². The standard InChI is InChI=1S/C14H19FN2O/c1-10-7-11(3-4-12(10)15)8-17(2)13(18)14(9-16)5-6-14/h3-4,7H,5-6,8-9,16H2,1-2H3. The number of amides is 1. The number of nitrogens with zero attached hydrogens (tertiary/aromatic N) is 1. The first-order chi connectivity index (χ1) is 8.48. The Balaban J connectivity index is 2.05. The van der Waals surface area contributed by atoms with Gasteiger partial charge in [-0.1, -0.05) is 12.1 Å². The SMILES string of the molecule is Cc1cc(CN(C)C(=O)C2(CN)CC2)ccc1F. The lowest BCUT2D eigenvalue weighted by Gasteiger charge is -2.22. The molecule has 2 rings (SSSR count). The van der Waals surface area contributed by atoms with E-state index in [-0.39, 0.29) is 17.1 Å². The lowest BCUT2D eigenvalue weighted by atomic mass is 10.1. The van der Waals surface area contributed by atoms with Gasteiger partial charge in [-0.2, -0.15) is 0 Å². The second-order valence-electron chi connectivity index (χ2n) is 5.23. The molecule has 0 aromatic heterocycles. The van der Waals surface area contributed by atoms with Crippen LogP contribution in [-0.2, 0) is 11.3 Å². The molecule has 0 heterocycles. The molecule has 0 unspecified atom stereocenters. The Morgan fingerprint density at radius 3 is 2.67 bits per heavy atom. The van der Waals surface area contributed by atoms with E-state index in [1.807, 2.05) is 0 Å². The lowest BCUT2D eigenvalue weighted by Crippen LogP contribution is -2.37. The van der Waals surface area contributed by atoms with Crippen LogP contribution in [0.2, 0.25) is 0 Å². The highest BCUT2D eigenvalue weighted by Crippen LogP contribution is 2.46. The lowest BCUT2D eigenvalue weighted by molar-refractivity contribution is -0.135. The molecule has 1 saturated carbocycles. The zero-order chi connectivity index (χ0) is 13.3. The number of aryl methyl sites for hydroxylation is 1. The van der Waals surface area contributed by atoms with E-state index >= 15 is 0 Å². The summed E-state index contributed by atoms with van der Waals surface area (Å²) < 4.78 is 13.2. The molecule has 0 aliphatic heterocycles. The summed E-state index contributed by atoms with van der Waals surface area (Å²) in [4.78, 5) is 13.9. The van der Waals surface area contributed by atoms with Gasteiger partial charge < -0.3 is 10.6 Å². The molecule has 0 saturated heterocycles. The maximum atomic E-state index is 13.2. The van der Waals surface area contributed by atoms with Crippen molar-refractivity contribution in [1.29, 1.82) is 0 Å². The van der Waals surface area contributed by atoms with Crippen LogP contribution >= 0.6 is 0 Å². The van der Waals surface area contributed by atoms with Crippen molar-refractivity contribution in [1.82, 2.24) is 4.90 Å². The minimum atomic E-state index is -0.316. The highest BCUT2D eigenvalue weighted by Gasteiger charge is 2.49. The molecule has 1 aliphatic carbocycles. The van der Waals surface area contributed by atoms with Gasteiger partial charge in [-0.3, -0.25) is 4.79 Å². The van der Waals surface area contributed by atoms with E-state index in [1.54, 1.807) is 31.0 Å². The molecule has 18 heavy (non-hydrogen) atoms. The van der Waals surface area contributed by atoms with Crippen LogP contribution in [0.1, 0.15) is 24.0 Å². The third-order valence-electron chi connectivity index (χ3n) is 3.69. The molecule has 1 aromatic rings. The van der Waals surface area contributed by atoms with Crippen LogP contribution in [0.4, 0.5) is 4.39 Å². The molecule has 1 amide bonds. The van der Waals surface area contributed by atoms with Crippen molar-refractivity contribution in [2.45, 2.75) is 26.3 Å². The van der Waals surface area contributed by atoms with Gasteiger partial charge in [0.15, 0.2) is 0 Å². The zero-order valence-corrected chi connectivity index (χ0v) is 10.9. The number of carbonyl (C=O) groups excluding carboxylic acids is 1. The zero-order valence-electron chi connectivity index (χ0n) is 10.9. The van der Waals surface area contributed by atoms with Gasteiger partial charge in [0, 0.05) is 20.1 Å². The number of carbonyl (C=O) groups is 1. The monoisotopic (exact) mass is 250 g/mol. The number of hydrogen-bond acceptors (Lipinski definition) is 2.